The van der Waals surface area contributed by atoms with Crippen LogP contribution in [0.3, 0.4) is 0 Å². The highest BCUT2D eigenvalue weighted by Crippen LogP contribution is 2.29. The van der Waals surface area contributed by atoms with Crippen LogP contribution in [0.15, 0.2) is 18.2 Å². The maximum atomic E-state index is 11.9. The van der Waals surface area contributed by atoms with Crippen molar-refractivity contribution in [2.24, 2.45) is 0 Å². The molecular formula is C15H17F3N2O3. The van der Waals surface area contributed by atoms with Crippen LogP contribution in [0.25, 0.3) is 0 Å². The lowest BCUT2D eigenvalue weighted by atomic mass is 10.0. The Bertz CT molecular complexity index is 602. The topological polar surface area (TPSA) is 58.6 Å². The normalized spacial score (nSPS) is 14.6. The van der Waals surface area contributed by atoms with E-state index in [1.54, 1.807) is 30.1 Å². The van der Waals surface area contributed by atoms with Gasteiger partial charge in [0.05, 0.1) is 13.0 Å². The average molecular weight is 330 g/mol. The summed E-state index contributed by atoms with van der Waals surface area (Å²) in [6.45, 7) is -1.66. The van der Waals surface area contributed by atoms with E-state index in [4.69, 9.17) is 0 Å². The Balaban J connectivity index is 1.86. The summed E-state index contributed by atoms with van der Waals surface area (Å²) in [4.78, 5) is 24.8. The number of hydrogen-bond donors (Lipinski definition) is 1. The van der Waals surface area contributed by atoms with Crippen molar-refractivity contribution in [2.45, 2.75) is 25.4 Å². The number of amides is 2. The summed E-state index contributed by atoms with van der Waals surface area (Å²) in [6, 6.07) is 5.16. The van der Waals surface area contributed by atoms with E-state index in [9.17, 15) is 22.8 Å². The summed E-state index contributed by atoms with van der Waals surface area (Å²) in [5, 5.41) is 2.61. The molecule has 2 rings (SSSR count). The zero-order valence-electron chi connectivity index (χ0n) is 12.6. The van der Waals surface area contributed by atoms with Crippen LogP contribution in [0, 0.1) is 0 Å². The molecule has 0 aliphatic carbocycles. The van der Waals surface area contributed by atoms with Crippen molar-refractivity contribution in [3.63, 3.8) is 0 Å². The van der Waals surface area contributed by atoms with Crippen molar-refractivity contribution < 1.29 is 27.5 Å². The molecular weight excluding hydrogens is 313 g/mol. The lowest BCUT2D eigenvalue weighted by Crippen LogP contribution is -2.31. The molecule has 5 nitrogen and oxygen atoms in total. The smallest absolute Gasteiger partial charge is 0.372 e. The Kier molecular flexibility index (Phi) is 5.25. The predicted octanol–water partition coefficient (Wildman–Crippen LogP) is 2.50. The third-order valence-electron chi connectivity index (χ3n) is 3.45. The summed E-state index contributed by atoms with van der Waals surface area (Å²) < 4.78 is 40.1. The van der Waals surface area contributed by atoms with Gasteiger partial charge in [-0.15, -0.1) is 0 Å². The van der Waals surface area contributed by atoms with E-state index < -0.39 is 18.7 Å². The van der Waals surface area contributed by atoms with E-state index in [1.807, 2.05) is 0 Å². The molecule has 0 bridgehead atoms. The van der Waals surface area contributed by atoms with Gasteiger partial charge in [0.25, 0.3) is 0 Å². The highest BCUT2D eigenvalue weighted by Gasteiger charge is 2.27. The second-order valence-corrected chi connectivity index (χ2v) is 5.26. The molecule has 0 saturated carbocycles. The Hall–Kier alpha value is -2.09. The standard InChI is InChI=1S/C15H17F3N2O3/c1-20-12-4-3-11(8-10(12)2-5-14(20)22)19-13(21)6-7-23-9-15(16,17)18/h3-4,8H,2,5-7,9H2,1H3,(H,19,21). The molecule has 1 aromatic rings. The van der Waals surface area contributed by atoms with Crippen LogP contribution in [0.5, 0.6) is 0 Å². The maximum Gasteiger partial charge on any atom is 0.411 e. The molecule has 126 valence electrons. The number of nitrogens with one attached hydrogen (secondary N) is 1. The molecule has 0 spiro atoms. The van der Waals surface area contributed by atoms with Gasteiger partial charge in [-0.1, -0.05) is 0 Å². The van der Waals surface area contributed by atoms with Crippen LogP contribution in [-0.2, 0) is 20.7 Å². The number of anilines is 2. The number of carbonyl (C=O) groups is 2. The molecule has 0 fully saturated rings. The highest BCUT2D eigenvalue weighted by molar-refractivity contribution is 5.97. The van der Waals surface area contributed by atoms with Crippen LogP contribution >= 0.6 is 0 Å². The fourth-order valence-electron chi connectivity index (χ4n) is 2.31. The third kappa shape index (κ3) is 4.95. The molecule has 0 saturated heterocycles. The zero-order valence-corrected chi connectivity index (χ0v) is 12.6. The number of aryl methyl sites for hydroxylation is 1. The van der Waals surface area contributed by atoms with E-state index >= 15 is 0 Å². The van der Waals surface area contributed by atoms with Crippen LogP contribution in [-0.4, -0.2) is 38.3 Å². The molecule has 1 aromatic carbocycles. The molecule has 1 aliphatic rings. The second-order valence-electron chi connectivity index (χ2n) is 5.26. The molecule has 0 radical (unpaired) electrons. The number of rotatable bonds is 5. The first-order chi connectivity index (χ1) is 10.8. The van der Waals surface area contributed by atoms with Gasteiger partial charge in [0.15, 0.2) is 0 Å². The molecule has 8 heteroatoms. The van der Waals surface area contributed by atoms with Gasteiger partial charge in [-0.05, 0) is 30.2 Å². The fraction of sp³-hybridized carbons (Fsp3) is 0.467. The number of hydrogen-bond acceptors (Lipinski definition) is 3. The number of benzene rings is 1. The molecule has 1 N–H and O–H groups in total. The van der Waals surface area contributed by atoms with E-state index in [2.05, 4.69) is 10.1 Å². The molecule has 2 amide bonds. The number of carbonyl (C=O) groups excluding carboxylic acids is 2. The minimum absolute atomic E-state index is 0.0381. The van der Waals surface area contributed by atoms with Gasteiger partial charge in [-0.3, -0.25) is 9.59 Å². The van der Waals surface area contributed by atoms with Crippen molar-refractivity contribution >= 4 is 23.2 Å². The molecule has 0 unspecified atom stereocenters. The first-order valence-corrected chi connectivity index (χ1v) is 7.10. The Morgan fingerprint density at radius 2 is 2.09 bits per heavy atom. The first kappa shape index (κ1) is 17.3. The third-order valence-corrected chi connectivity index (χ3v) is 3.45. The Morgan fingerprint density at radius 3 is 2.78 bits per heavy atom. The van der Waals surface area contributed by atoms with E-state index in [-0.39, 0.29) is 18.9 Å². The lowest BCUT2D eigenvalue weighted by Gasteiger charge is -2.26. The van der Waals surface area contributed by atoms with Crippen LogP contribution in [0.1, 0.15) is 18.4 Å². The van der Waals surface area contributed by atoms with E-state index in [0.717, 1.165) is 11.3 Å². The van der Waals surface area contributed by atoms with Gasteiger partial charge in [0, 0.05) is 24.8 Å². The van der Waals surface area contributed by atoms with Gasteiger partial charge in [-0.25, -0.2) is 0 Å². The number of ether oxygens (including phenoxy) is 1. The van der Waals surface area contributed by atoms with Gasteiger partial charge in [0.2, 0.25) is 11.8 Å². The van der Waals surface area contributed by atoms with Crippen molar-refractivity contribution in [1.82, 2.24) is 0 Å². The van der Waals surface area contributed by atoms with Crippen molar-refractivity contribution in [3.8, 4) is 0 Å². The molecule has 23 heavy (non-hydrogen) atoms. The SMILES string of the molecule is CN1C(=O)CCc2cc(NC(=O)CCOCC(F)(F)F)ccc21. The van der Waals surface area contributed by atoms with Crippen LogP contribution < -0.4 is 10.2 Å². The van der Waals surface area contributed by atoms with Crippen LogP contribution in [0.4, 0.5) is 24.5 Å². The quantitative estimate of drug-likeness (QED) is 0.844. The van der Waals surface area contributed by atoms with Gasteiger partial charge >= 0.3 is 6.18 Å². The largest absolute Gasteiger partial charge is 0.411 e. The van der Waals surface area contributed by atoms with Crippen LogP contribution in [0.2, 0.25) is 0 Å². The monoisotopic (exact) mass is 330 g/mol. The van der Waals surface area contributed by atoms with Gasteiger partial charge in [-0.2, -0.15) is 13.2 Å². The minimum Gasteiger partial charge on any atom is -0.372 e. The second kappa shape index (κ2) is 6.99. The predicted molar refractivity (Wildman–Crippen MR) is 78.3 cm³/mol. The van der Waals surface area contributed by atoms with E-state index in [0.29, 0.717) is 18.5 Å². The van der Waals surface area contributed by atoms with Crippen molar-refractivity contribution in [2.75, 3.05) is 30.5 Å². The van der Waals surface area contributed by atoms with Gasteiger partial charge in [0.1, 0.15) is 6.61 Å². The fourth-order valence-corrected chi connectivity index (χ4v) is 2.31. The Labute approximate surface area is 131 Å². The summed E-state index contributed by atoms with van der Waals surface area (Å²) >= 11 is 0. The number of nitrogens with zero attached hydrogens (tertiary/aromatic N) is 1. The van der Waals surface area contributed by atoms with E-state index in [1.165, 1.54) is 0 Å². The average Bonchev–Trinajstić information content (AvgIpc) is 2.47. The zero-order chi connectivity index (χ0) is 17.0. The molecule has 0 atom stereocenters. The van der Waals surface area contributed by atoms with Crippen molar-refractivity contribution in [1.29, 1.82) is 0 Å². The minimum atomic E-state index is -4.39. The molecule has 1 heterocycles. The maximum absolute atomic E-state index is 11.9. The summed E-state index contributed by atoms with van der Waals surface area (Å²) in [5.74, 6) is -0.386. The molecule has 1 aliphatic heterocycles. The Morgan fingerprint density at radius 1 is 1.35 bits per heavy atom. The van der Waals surface area contributed by atoms with Crippen molar-refractivity contribution in [3.05, 3.63) is 23.8 Å². The first-order valence-electron chi connectivity index (χ1n) is 7.10. The van der Waals surface area contributed by atoms with Gasteiger partial charge < -0.3 is 15.0 Å². The summed E-state index contributed by atoms with van der Waals surface area (Å²) in [6.07, 6.45) is -3.55. The number of fused-ring (bicyclic) bond motifs is 1. The number of halogens is 3. The summed E-state index contributed by atoms with van der Waals surface area (Å²) in [5.41, 5.74) is 2.29. The highest BCUT2D eigenvalue weighted by atomic mass is 19.4. The lowest BCUT2D eigenvalue weighted by molar-refractivity contribution is -0.174. The number of alkyl halides is 3. The molecule has 0 aromatic heterocycles. The summed E-state index contributed by atoms with van der Waals surface area (Å²) in [7, 11) is 1.69.